The maximum atomic E-state index is 12.3. The Labute approximate surface area is 111 Å². The summed E-state index contributed by atoms with van der Waals surface area (Å²) in [5.74, 6) is 0.756. The van der Waals surface area contributed by atoms with Crippen molar-refractivity contribution in [3.8, 4) is 5.75 Å². The van der Waals surface area contributed by atoms with Crippen LogP contribution in [-0.4, -0.2) is 26.1 Å². The quantitative estimate of drug-likeness (QED) is 0.891. The summed E-state index contributed by atoms with van der Waals surface area (Å²) >= 11 is 0. The van der Waals surface area contributed by atoms with Gasteiger partial charge in [-0.25, -0.2) is 0 Å². The summed E-state index contributed by atoms with van der Waals surface area (Å²) < 4.78 is 10.3. The Bertz CT molecular complexity index is 537. The number of methoxy groups -OCH3 is 1. The third kappa shape index (κ3) is 2.95. The highest BCUT2D eigenvalue weighted by atomic mass is 16.5. The van der Waals surface area contributed by atoms with Gasteiger partial charge in [-0.15, -0.1) is 0 Å². The third-order valence-corrected chi connectivity index (χ3v) is 2.69. The third-order valence-electron chi connectivity index (χ3n) is 2.69. The van der Waals surface area contributed by atoms with Crippen LogP contribution in [0.4, 0.5) is 5.69 Å². The van der Waals surface area contributed by atoms with Gasteiger partial charge in [-0.2, -0.15) is 0 Å². The Morgan fingerprint density at radius 1 is 1.37 bits per heavy atom. The monoisotopic (exact) mass is 260 g/mol. The van der Waals surface area contributed by atoms with Crippen LogP contribution in [0.5, 0.6) is 5.75 Å². The number of furan rings is 1. The van der Waals surface area contributed by atoms with E-state index < -0.39 is 0 Å². The molecule has 2 rings (SSSR count). The van der Waals surface area contributed by atoms with Gasteiger partial charge >= 0.3 is 0 Å². The van der Waals surface area contributed by atoms with E-state index in [9.17, 15) is 4.79 Å². The van der Waals surface area contributed by atoms with Crippen molar-refractivity contribution in [2.75, 3.05) is 25.1 Å². The van der Waals surface area contributed by atoms with E-state index in [2.05, 4.69) is 0 Å². The molecule has 0 radical (unpaired) electrons. The second kappa shape index (κ2) is 6.06. The van der Waals surface area contributed by atoms with E-state index in [0.29, 0.717) is 18.8 Å². The summed E-state index contributed by atoms with van der Waals surface area (Å²) in [6.45, 7) is 0.774. The zero-order valence-corrected chi connectivity index (χ0v) is 10.7. The minimum absolute atomic E-state index is 0.219. The number of hydrogen-bond donors (Lipinski definition) is 1. The minimum Gasteiger partial charge on any atom is -0.497 e. The molecule has 1 aromatic carbocycles. The molecule has 0 bridgehead atoms. The number of rotatable bonds is 5. The molecule has 100 valence electrons. The lowest BCUT2D eigenvalue weighted by Gasteiger charge is -2.21. The van der Waals surface area contributed by atoms with Crippen molar-refractivity contribution >= 4 is 11.6 Å². The second-order valence-electron chi connectivity index (χ2n) is 3.92. The average Bonchev–Trinajstić information content (AvgIpc) is 2.98. The van der Waals surface area contributed by atoms with Gasteiger partial charge in [-0.3, -0.25) is 4.79 Å². The normalized spacial score (nSPS) is 10.2. The van der Waals surface area contributed by atoms with E-state index in [1.807, 2.05) is 18.2 Å². The topological polar surface area (TPSA) is 68.7 Å². The van der Waals surface area contributed by atoms with Crippen LogP contribution in [-0.2, 0) is 0 Å². The van der Waals surface area contributed by atoms with Crippen LogP contribution in [0.3, 0.4) is 0 Å². The summed E-state index contributed by atoms with van der Waals surface area (Å²) in [7, 11) is 1.58. The Morgan fingerprint density at radius 3 is 2.84 bits per heavy atom. The molecule has 0 unspecified atom stereocenters. The van der Waals surface area contributed by atoms with E-state index in [1.165, 1.54) is 6.26 Å². The summed E-state index contributed by atoms with van der Waals surface area (Å²) in [6.07, 6.45) is 1.47. The average molecular weight is 260 g/mol. The molecule has 19 heavy (non-hydrogen) atoms. The van der Waals surface area contributed by atoms with E-state index in [4.69, 9.17) is 14.9 Å². The Hall–Kier alpha value is -2.27. The van der Waals surface area contributed by atoms with Gasteiger partial charge in [0.1, 0.15) is 5.75 Å². The van der Waals surface area contributed by atoms with E-state index in [0.717, 1.165) is 5.69 Å². The van der Waals surface area contributed by atoms with Crippen molar-refractivity contribution in [2.45, 2.75) is 0 Å². The Balaban J connectivity index is 2.31. The molecular formula is C14H16N2O3. The fourth-order valence-corrected chi connectivity index (χ4v) is 1.79. The maximum Gasteiger partial charge on any atom is 0.293 e. The Kier molecular flexibility index (Phi) is 4.20. The highest BCUT2D eigenvalue weighted by Crippen LogP contribution is 2.22. The van der Waals surface area contributed by atoms with Crippen molar-refractivity contribution in [2.24, 2.45) is 5.73 Å². The molecule has 0 aliphatic rings. The number of anilines is 1. The number of nitrogens with two attached hydrogens (primary N) is 1. The van der Waals surface area contributed by atoms with Crippen LogP contribution in [0.15, 0.2) is 47.1 Å². The number of hydrogen-bond acceptors (Lipinski definition) is 4. The summed E-state index contributed by atoms with van der Waals surface area (Å²) in [6, 6.07) is 10.6. The van der Waals surface area contributed by atoms with Crippen LogP contribution in [0, 0.1) is 0 Å². The molecule has 0 saturated carbocycles. The lowest BCUT2D eigenvalue weighted by atomic mass is 10.2. The largest absolute Gasteiger partial charge is 0.497 e. The minimum atomic E-state index is -0.219. The lowest BCUT2D eigenvalue weighted by Crippen LogP contribution is -2.35. The molecule has 0 fully saturated rings. The molecule has 0 atom stereocenters. The maximum absolute atomic E-state index is 12.3. The summed E-state index contributed by atoms with van der Waals surface area (Å²) in [5.41, 5.74) is 6.30. The van der Waals surface area contributed by atoms with Gasteiger partial charge in [0.05, 0.1) is 13.4 Å². The second-order valence-corrected chi connectivity index (χ2v) is 3.92. The van der Waals surface area contributed by atoms with Crippen molar-refractivity contribution in [1.29, 1.82) is 0 Å². The molecule has 0 saturated heterocycles. The fraction of sp³-hybridized carbons (Fsp3) is 0.214. The summed E-state index contributed by atoms with van der Waals surface area (Å²) in [4.78, 5) is 13.9. The molecule has 0 spiro atoms. The summed E-state index contributed by atoms with van der Waals surface area (Å²) in [5, 5.41) is 0. The highest BCUT2D eigenvalue weighted by molar-refractivity contribution is 6.04. The number of amides is 1. The molecule has 0 aliphatic carbocycles. The predicted octanol–water partition coefficient (Wildman–Crippen LogP) is 1.89. The van der Waals surface area contributed by atoms with Crippen LogP contribution in [0.25, 0.3) is 0 Å². The van der Waals surface area contributed by atoms with Crippen LogP contribution in [0.2, 0.25) is 0 Å². The zero-order chi connectivity index (χ0) is 13.7. The van der Waals surface area contributed by atoms with Gasteiger partial charge in [0, 0.05) is 24.8 Å². The molecule has 5 heteroatoms. The number of carbonyl (C=O) groups excluding carboxylic acids is 1. The fourth-order valence-electron chi connectivity index (χ4n) is 1.79. The SMILES string of the molecule is COc1cccc(N(CCN)C(=O)c2ccco2)c1. The van der Waals surface area contributed by atoms with Crippen molar-refractivity contribution < 1.29 is 13.9 Å². The number of benzene rings is 1. The van der Waals surface area contributed by atoms with Crippen LogP contribution >= 0.6 is 0 Å². The zero-order valence-electron chi connectivity index (χ0n) is 10.7. The standard InChI is InChI=1S/C14H16N2O3/c1-18-12-5-2-4-11(10-12)16(8-7-15)14(17)13-6-3-9-19-13/h2-6,9-10H,7-8,15H2,1H3. The predicted molar refractivity (Wildman–Crippen MR) is 72.4 cm³/mol. The van der Waals surface area contributed by atoms with Crippen molar-refractivity contribution in [3.63, 3.8) is 0 Å². The molecule has 1 amide bonds. The molecule has 2 N–H and O–H groups in total. The van der Waals surface area contributed by atoms with Crippen molar-refractivity contribution in [1.82, 2.24) is 0 Å². The molecule has 5 nitrogen and oxygen atoms in total. The van der Waals surface area contributed by atoms with Gasteiger partial charge < -0.3 is 19.8 Å². The molecule has 0 aliphatic heterocycles. The number of ether oxygens (including phenoxy) is 1. The highest BCUT2D eigenvalue weighted by Gasteiger charge is 2.19. The van der Waals surface area contributed by atoms with Crippen LogP contribution in [0.1, 0.15) is 10.6 Å². The number of carbonyl (C=O) groups is 1. The first-order valence-corrected chi connectivity index (χ1v) is 5.95. The molecule has 2 aromatic rings. The van der Waals surface area contributed by atoms with E-state index in [-0.39, 0.29) is 11.7 Å². The van der Waals surface area contributed by atoms with Gasteiger partial charge in [-0.05, 0) is 24.3 Å². The first-order valence-electron chi connectivity index (χ1n) is 5.95. The van der Waals surface area contributed by atoms with Crippen molar-refractivity contribution in [3.05, 3.63) is 48.4 Å². The number of nitrogens with zero attached hydrogens (tertiary/aromatic N) is 1. The van der Waals surface area contributed by atoms with Crippen LogP contribution < -0.4 is 15.4 Å². The first-order chi connectivity index (χ1) is 9.26. The molecule has 1 heterocycles. The smallest absolute Gasteiger partial charge is 0.293 e. The van der Waals surface area contributed by atoms with Gasteiger partial charge in [-0.1, -0.05) is 6.07 Å². The lowest BCUT2D eigenvalue weighted by molar-refractivity contribution is 0.0961. The first kappa shape index (κ1) is 13.2. The van der Waals surface area contributed by atoms with E-state index in [1.54, 1.807) is 30.2 Å². The van der Waals surface area contributed by atoms with Gasteiger partial charge in [0.25, 0.3) is 5.91 Å². The van der Waals surface area contributed by atoms with Gasteiger partial charge in [0.15, 0.2) is 5.76 Å². The Morgan fingerprint density at radius 2 is 2.21 bits per heavy atom. The van der Waals surface area contributed by atoms with E-state index >= 15 is 0 Å². The van der Waals surface area contributed by atoms with Gasteiger partial charge in [0.2, 0.25) is 0 Å². The molecule has 1 aromatic heterocycles. The molecular weight excluding hydrogens is 244 g/mol.